The van der Waals surface area contributed by atoms with E-state index in [0.717, 1.165) is 61.9 Å². The lowest BCUT2D eigenvalue weighted by molar-refractivity contribution is 0.229. The smallest absolute Gasteiger partial charge is 0.128 e. The van der Waals surface area contributed by atoms with Crippen molar-refractivity contribution in [2.45, 2.75) is 13.1 Å². The lowest BCUT2D eigenvalue weighted by Gasteiger charge is -2.26. The molecule has 3 aliphatic rings. The van der Waals surface area contributed by atoms with Crippen molar-refractivity contribution in [1.29, 1.82) is 0 Å². The Labute approximate surface area is 180 Å². The number of fused-ring (bicyclic) bond motifs is 1. The van der Waals surface area contributed by atoms with E-state index in [4.69, 9.17) is 5.84 Å². The number of hydrogen-bond donors (Lipinski definition) is 3. The van der Waals surface area contributed by atoms with E-state index in [9.17, 15) is 4.39 Å². The van der Waals surface area contributed by atoms with Gasteiger partial charge in [-0.2, -0.15) is 5.10 Å². The van der Waals surface area contributed by atoms with Gasteiger partial charge in [-0.05, 0) is 6.07 Å². The molecule has 0 bridgehead atoms. The number of nitrogens with two attached hydrogens (primary N) is 1. The van der Waals surface area contributed by atoms with E-state index in [2.05, 4.69) is 25.7 Å². The molecule has 1 aromatic carbocycles. The maximum atomic E-state index is 14.2. The number of hydrogen-bond acceptors (Lipinski definition) is 8. The fraction of sp³-hybridized carbons (Fsp3) is 0.333. The van der Waals surface area contributed by atoms with Crippen molar-refractivity contribution in [3.05, 3.63) is 71.2 Å². The van der Waals surface area contributed by atoms with Crippen molar-refractivity contribution >= 4 is 12.0 Å². The van der Waals surface area contributed by atoms with Crippen LogP contribution in [0.25, 0.3) is 5.70 Å². The van der Waals surface area contributed by atoms with Crippen molar-refractivity contribution in [1.82, 2.24) is 35.4 Å². The SMILES string of the molecule is NN1C=NC2=C(c3cnn(CCN4CCNCC4)c3)NN(Cc3ccccc3F)C2=C1. The number of halogens is 1. The van der Waals surface area contributed by atoms with Gasteiger partial charge >= 0.3 is 0 Å². The van der Waals surface area contributed by atoms with E-state index >= 15 is 0 Å². The minimum absolute atomic E-state index is 0.246. The molecule has 0 atom stereocenters. The molecular formula is C21H26FN9. The van der Waals surface area contributed by atoms with Gasteiger partial charge in [-0.3, -0.25) is 25.0 Å². The molecule has 0 spiro atoms. The molecule has 4 N–H and O–H groups in total. The zero-order valence-electron chi connectivity index (χ0n) is 17.2. The zero-order valence-corrected chi connectivity index (χ0v) is 17.2. The summed E-state index contributed by atoms with van der Waals surface area (Å²) in [4.78, 5) is 6.95. The summed E-state index contributed by atoms with van der Waals surface area (Å²) in [5.41, 5.74) is 7.28. The molecule has 1 aromatic heterocycles. The second kappa shape index (κ2) is 8.50. The summed E-state index contributed by atoms with van der Waals surface area (Å²) in [6.07, 6.45) is 7.19. The molecule has 0 amide bonds. The Balaban J connectivity index is 1.34. The third-order valence-electron chi connectivity index (χ3n) is 5.67. The summed E-state index contributed by atoms with van der Waals surface area (Å²) in [5.74, 6) is 5.66. The fourth-order valence-corrected chi connectivity index (χ4v) is 3.98. The number of aliphatic imine (C=N–C) groups is 1. The molecule has 2 aromatic rings. The molecule has 5 rings (SSSR count). The van der Waals surface area contributed by atoms with Gasteiger partial charge in [0.15, 0.2) is 0 Å². The lowest BCUT2D eigenvalue weighted by atomic mass is 10.2. The predicted octanol–water partition coefficient (Wildman–Crippen LogP) is 0.675. The van der Waals surface area contributed by atoms with Crippen LogP contribution in [0.2, 0.25) is 0 Å². The standard InChI is InChI=1S/C21H26FN9/c22-18-4-2-1-3-16(18)13-31-19-14-29(23)15-25-21(19)20(27-31)17-11-26-30(12-17)10-9-28-7-5-24-6-8-28/h1-4,11-12,14-15,24,27H,5-10,13,23H2. The molecule has 3 aliphatic heterocycles. The number of aromatic nitrogens is 2. The Morgan fingerprint density at radius 2 is 1.97 bits per heavy atom. The third kappa shape index (κ3) is 4.18. The maximum Gasteiger partial charge on any atom is 0.128 e. The number of nitrogens with one attached hydrogen (secondary N) is 2. The van der Waals surface area contributed by atoms with Crippen LogP contribution in [0.4, 0.5) is 4.39 Å². The Hall–Kier alpha value is -3.21. The molecule has 10 heteroatoms. The molecule has 0 radical (unpaired) electrons. The number of hydrazine groups is 2. The summed E-state index contributed by atoms with van der Waals surface area (Å²) in [6.45, 7) is 6.33. The molecular weight excluding hydrogens is 397 g/mol. The molecule has 4 heterocycles. The van der Waals surface area contributed by atoms with Crippen LogP contribution in [0, 0.1) is 5.82 Å². The van der Waals surface area contributed by atoms with Crippen LogP contribution >= 0.6 is 0 Å². The van der Waals surface area contributed by atoms with E-state index in [1.54, 1.807) is 24.7 Å². The third-order valence-corrected chi connectivity index (χ3v) is 5.67. The fourth-order valence-electron chi connectivity index (χ4n) is 3.98. The first-order valence-electron chi connectivity index (χ1n) is 10.4. The van der Waals surface area contributed by atoms with Crippen LogP contribution in [0.1, 0.15) is 11.1 Å². The quantitative estimate of drug-likeness (QED) is 0.589. The molecule has 1 saturated heterocycles. The van der Waals surface area contributed by atoms with Crippen molar-refractivity contribution in [2.75, 3.05) is 32.7 Å². The number of piperazine rings is 1. The number of benzene rings is 1. The van der Waals surface area contributed by atoms with E-state index < -0.39 is 0 Å². The van der Waals surface area contributed by atoms with E-state index in [1.807, 2.05) is 28.2 Å². The van der Waals surface area contributed by atoms with Crippen LogP contribution in [-0.2, 0) is 13.1 Å². The second-order valence-electron chi connectivity index (χ2n) is 7.80. The minimum Gasteiger partial charge on any atom is -0.314 e. The monoisotopic (exact) mass is 423 g/mol. The average molecular weight is 424 g/mol. The Morgan fingerprint density at radius 3 is 2.81 bits per heavy atom. The van der Waals surface area contributed by atoms with Gasteiger partial charge in [-0.1, -0.05) is 18.2 Å². The summed E-state index contributed by atoms with van der Waals surface area (Å²) in [6, 6.07) is 6.75. The summed E-state index contributed by atoms with van der Waals surface area (Å²) in [7, 11) is 0. The highest BCUT2D eigenvalue weighted by Gasteiger charge is 2.30. The molecule has 0 unspecified atom stereocenters. The molecule has 9 nitrogen and oxygen atoms in total. The first kappa shape index (κ1) is 19.7. The Morgan fingerprint density at radius 1 is 1.13 bits per heavy atom. The minimum atomic E-state index is -0.246. The summed E-state index contributed by atoms with van der Waals surface area (Å²) < 4.78 is 16.2. The highest BCUT2D eigenvalue weighted by atomic mass is 19.1. The predicted molar refractivity (Wildman–Crippen MR) is 116 cm³/mol. The van der Waals surface area contributed by atoms with Gasteiger partial charge in [0.1, 0.15) is 23.5 Å². The van der Waals surface area contributed by atoms with Gasteiger partial charge < -0.3 is 5.32 Å². The van der Waals surface area contributed by atoms with Crippen LogP contribution in [0.15, 0.2) is 59.2 Å². The van der Waals surface area contributed by atoms with E-state index in [0.29, 0.717) is 12.1 Å². The van der Waals surface area contributed by atoms with Crippen molar-refractivity contribution < 1.29 is 4.39 Å². The van der Waals surface area contributed by atoms with Crippen LogP contribution in [0.5, 0.6) is 0 Å². The lowest BCUT2D eigenvalue weighted by Crippen LogP contribution is -2.44. The van der Waals surface area contributed by atoms with Crippen LogP contribution < -0.4 is 16.6 Å². The highest BCUT2D eigenvalue weighted by molar-refractivity contribution is 5.77. The maximum absolute atomic E-state index is 14.2. The summed E-state index contributed by atoms with van der Waals surface area (Å²) >= 11 is 0. The van der Waals surface area contributed by atoms with Crippen LogP contribution in [0.3, 0.4) is 0 Å². The van der Waals surface area contributed by atoms with Gasteiger partial charge in [0.2, 0.25) is 0 Å². The van der Waals surface area contributed by atoms with E-state index in [1.165, 1.54) is 11.1 Å². The van der Waals surface area contributed by atoms with Gasteiger partial charge in [0, 0.05) is 56.2 Å². The topological polar surface area (TPSA) is 90.0 Å². The van der Waals surface area contributed by atoms with Gasteiger partial charge in [-0.25, -0.2) is 15.2 Å². The number of rotatable bonds is 6. The normalized spacial score (nSPS) is 19.0. The number of nitrogens with zero attached hydrogens (tertiary/aromatic N) is 6. The van der Waals surface area contributed by atoms with E-state index in [-0.39, 0.29) is 5.82 Å². The molecule has 0 aliphatic carbocycles. The summed E-state index contributed by atoms with van der Waals surface area (Å²) in [5, 5.41) is 11.2. The average Bonchev–Trinajstić information content (AvgIpc) is 3.39. The van der Waals surface area contributed by atoms with Crippen molar-refractivity contribution in [3.8, 4) is 0 Å². The molecule has 1 fully saturated rings. The van der Waals surface area contributed by atoms with Gasteiger partial charge in [0.25, 0.3) is 0 Å². The second-order valence-corrected chi connectivity index (χ2v) is 7.80. The molecule has 31 heavy (non-hydrogen) atoms. The highest BCUT2D eigenvalue weighted by Crippen LogP contribution is 2.34. The van der Waals surface area contributed by atoms with Gasteiger partial charge in [0.05, 0.1) is 25.0 Å². The first-order valence-corrected chi connectivity index (χ1v) is 10.4. The van der Waals surface area contributed by atoms with Crippen molar-refractivity contribution in [3.63, 3.8) is 0 Å². The molecule has 162 valence electrons. The molecule has 0 saturated carbocycles. The Kier molecular flexibility index (Phi) is 5.41. The van der Waals surface area contributed by atoms with Crippen molar-refractivity contribution in [2.24, 2.45) is 10.8 Å². The largest absolute Gasteiger partial charge is 0.314 e. The zero-order chi connectivity index (χ0) is 21.2. The van der Waals surface area contributed by atoms with Gasteiger partial charge in [-0.15, -0.1) is 0 Å². The Bertz CT molecular complexity index is 1030. The van der Waals surface area contributed by atoms with Crippen LogP contribution in [-0.4, -0.2) is 63.8 Å². The first-order chi connectivity index (χ1) is 15.2.